The van der Waals surface area contributed by atoms with Gasteiger partial charge in [-0.2, -0.15) is 0 Å². The van der Waals surface area contributed by atoms with Gasteiger partial charge in [0.25, 0.3) is 0 Å². The first-order valence-electron chi connectivity index (χ1n) is 9.67. The molecule has 4 rings (SSSR count). The molecule has 0 radical (unpaired) electrons. The van der Waals surface area contributed by atoms with Crippen molar-refractivity contribution in [2.45, 2.75) is 18.5 Å². The molecule has 1 saturated heterocycles. The average molecular weight is 458 g/mol. The fourth-order valence-electron chi connectivity index (χ4n) is 3.44. The molecule has 1 fully saturated rings. The molecule has 0 bridgehead atoms. The van der Waals surface area contributed by atoms with Crippen molar-refractivity contribution in [1.29, 1.82) is 0 Å². The Morgan fingerprint density at radius 2 is 1.97 bits per heavy atom. The van der Waals surface area contributed by atoms with Crippen molar-refractivity contribution in [3.8, 4) is 10.4 Å². The van der Waals surface area contributed by atoms with E-state index in [2.05, 4.69) is 20.3 Å². The fraction of sp³-hybridized carbons (Fsp3) is 0.286. The van der Waals surface area contributed by atoms with Gasteiger partial charge in [-0.1, -0.05) is 12.1 Å². The Labute approximate surface area is 188 Å². The molecule has 8 nitrogen and oxygen atoms in total. The number of hydrogen-bond donors (Lipinski definition) is 1. The minimum absolute atomic E-state index is 0.110. The van der Waals surface area contributed by atoms with Gasteiger partial charge in [0.1, 0.15) is 18.2 Å². The second kappa shape index (κ2) is 9.95. The van der Waals surface area contributed by atoms with Crippen molar-refractivity contribution in [2.75, 3.05) is 24.0 Å². The molecule has 31 heavy (non-hydrogen) atoms. The zero-order valence-corrected chi connectivity index (χ0v) is 18.1. The number of ether oxygens (including phenoxy) is 1. The van der Waals surface area contributed by atoms with E-state index < -0.39 is 11.9 Å². The lowest BCUT2D eigenvalue weighted by atomic mass is 10.0. The number of halogens is 1. The number of alkyl halides is 1. The van der Waals surface area contributed by atoms with Crippen LogP contribution in [0.15, 0.2) is 54.7 Å². The van der Waals surface area contributed by atoms with E-state index in [1.165, 1.54) is 35.0 Å². The molecule has 0 saturated carbocycles. The maximum Gasteiger partial charge on any atom is 0.248 e. The Kier molecular flexibility index (Phi) is 6.86. The van der Waals surface area contributed by atoms with Crippen LogP contribution in [0, 0.1) is 0 Å². The third-order valence-corrected chi connectivity index (χ3v) is 5.98. The standard InChI is InChI=1S/C21H20ClN5O3S/c22-7-19(28)27(17-3-1-14(2-4-17)18-10-25-13-31-18)20(15-8-23-12-24-9-15)21(29)26-16-5-6-30-11-16/h1-4,8-10,12-13,16,20H,5-7,11H2,(H,26,29)/t16-,20?/m0/s1. The molecule has 10 heteroatoms. The Morgan fingerprint density at radius 3 is 2.58 bits per heavy atom. The van der Waals surface area contributed by atoms with Crippen LogP contribution in [0.2, 0.25) is 0 Å². The van der Waals surface area contributed by atoms with Crippen LogP contribution in [0.25, 0.3) is 10.4 Å². The number of anilines is 1. The van der Waals surface area contributed by atoms with E-state index in [-0.39, 0.29) is 17.8 Å². The number of thiazole rings is 1. The number of benzene rings is 1. The minimum Gasteiger partial charge on any atom is -0.379 e. The van der Waals surface area contributed by atoms with Gasteiger partial charge in [-0.05, 0) is 24.1 Å². The first-order valence-corrected chi connectivity index (χ1v) is 11.1. The van der Waals surface area contributed by atoms with Gasteiger partial charge in [0, 0.05) is 36.4 Å². The van der Waals surface area contributed by atoms with E-state index in [1.807, 2.05) is 12.1 Å². The molecule has 2 amide bonds. The first kappa shape index (κ1) is 21.4. The smallest absolute Gasteiger partial charge is 0.248 e. The van der Waals surface area contributed by atoms with Gasteiger partial charge in [-0.3, -0.25) is 19.5 Å². The van der Waals surface area contributed by atoms with Gasteiger partial charge >= 0.3 is 0 Å². The zero-order chi connectivity index (χ0) is 21.6. The summed E-state index contributed by atoms with van der Waals surface area (Å²) in [6.45, 7) is 1.03. The number of carbonyl (C=O) groups excluding carboxylic acids is 2. The molecule has 2 aromatic heterocycles. The van der Waals surface area contributed by atoms with E-state index in [0.29, 0.717) is 24.5 Å². The number of aromatic nitrogens is 3. The van der Waals surface area contributed by atoms with Crippen LogP contribution in [-0.2, 0) is 14.3 Å². The number of nitrogens with one attached hydrogen (secondary N) is 1. The van der Waals surface area contributed by atoms with E-state index in [4.69, 9.17) is 16.3 Å². The highest BCUT2D eigenvalue weighted by molar-refractivity contribution is 7.13. The highest BCUT2D eigenvalue weighted by Crippen LogP contribution is 2.31. The van der Waals surface area contributed by atoms with Crippen molar-refractivity contribution in [3.05, 3.63) is 60.3 Å². The molecule has 3 aromatic rings. The molecule has 1 unspecified atom stereocenters. The second-order valence-corrected chi connectivity index (χ2v) is 8.11. The van der Waals surface area contributed by atoms with Gasteiger partial charge in [-0.25, -0.2) is 9.97 Å². The third kappa shape index (κ3) is 4.90. The Morgan fingerprint density at radius 1 is 1.19 bits per heavy atom. The highest BCUT2D eigenvalue weighted by atomic mass is 35.5. The van der Waals surface area contributed by atoms with Crippen LogP contribution in [0.4, 0.5) is 5.69 Å². The molecular weight excluding hydrogens is 438 g/mol. The normalized spacial score (nSPS) is 16.6. The lowest BCUT2D eigenvalue weighted by Gasteiger charge is -2.31. The number of nitrogens with zero attached hydrogens (tertiary/aromatic N) is 4. The second-order valence-electron chi connectivity index (χ2n) is 6.95. The Hall–Kier alpha value is -2.88. The van der Waals surface area contributed by atoms with Gasteiger partial charge in [0.05, 0.1) is 23.0 Å². The topological polar surface area (TPSA) is 97.3 Å². The Balaban J connectivity index is 1.70. The van der Waals surface area contributed by atoms with Crippen LogP contribution in [0.3, 0.4) is 0 Å². The molecule has 1 N–H and O–H groups in total. The molecule has 1 aliphatic rings. The number of amides is 2. The van der Waals surface area contributed by atoms with Crippen LogP contribution >= 0.6 is 22.9 Å². The summed E-state index contributed by atoms with van der Waals surface area (Å²) in [7, 11) is 0. The maximum absolute atomic E-state index is 13.3. The van der Waals surface area contributed by atoms with E-state index in [0.717, 1.165) is 16.9 Å². The number of rotatable bonds is 7. The van der Waals surface area contributed by atoms with Gasteiger partial charge in [0.15, 0.2) is 0 Å². The third-order valence-electron chi connectivity index (χ3n) is 4.92. The largest absolute Gasteiger partial charge is 0.379 e. The molecule has 2 atom stereocenters. The van der Waals surface area contributed by atoms with Gasteiger partial charge in [-0.15, -0.1) is 22.9 Å². The number of carbonyl (C=O) groups is 2. The maximum atomic E-state index is 13.3. The van der Waals surface area contributed by atoms with Gasteiger partial charge in [0.2, 0.25) is 11.8 Å². The summed E-state index contributed by atoms with van der Waals surface area (Å²) in [4.78, 5) is 40.8. The van der Waals surface area contributed by atoms with Gasteiger partial charge < -0.3 is 10.1 Å². The lowest BCUT2D eigenvalue weighted by molar-refractivity contribution is -0.126. The average Bonchev–Trinajstić information content (AvgIpc) is 3.52. The Bertz CT molecular complexity index is 1010. The molecule has 3 heterocycles. The lowest BCUT2D eigenvalue weighted by Crippen LogP contribution is -2.47. The van der Waals surface area contributed by atoms with E-state index in [1.54, 1.807) is 23.8 Å². The van der Waals surface area contributed by atoms with E-state index in [9.17, 15) is 9.59 Å². The predicted octanol–water partition coefficient (Wildman–Crippen LogP) is 2.82. The molecule has 0 aliphatic carbocycles. The van der Waals surface area contributed by atoms with Crippen molar-refractivity contribution in [3.63, 3.8) is 0 Å². The van der Waals surface area contributed by atoms with Crippen molar-refractivity contribution >= 4 is 40.4 Å². The van der Waals surface area contributed by atoms with Crippen molar-refractivity contribution in [2.24, 2.45) is 0 Å². The monoisotopic (exact) mass is 457 g/mol. The molecule has 1 aromatic carbocycles. The number of hydrogen-bond acceptors (Lipinski definition) is 7. The quantitative estimate of drug-likeness (QED) is 0.548. The highest BCUT2D eigenvalue weighted by Gasteiger charge is 2.34. The SMILES string of the molecule is O=C(N[C@H]1CCOC1)C(c1cncnc1)N(C(=O)CCl)c1ccc(-c2cncs2)cc1. The summed E-state index contributed by atoms with van der Waals surface area (Å²) >= 11 is 7.46. The van der Waals surface area contributed by atoms with Crippen LogP contribution in [0.5, 0.6) is 0 Å². The summed E-state index contributed by atoms with van der Waals surface area (Å²) in [5, 5.41) is 2.98. The predicted molar refractivity (Wildman–Crippen MR) is 118 cm³/mol. The minimum atomic E-state index is -0.970. The molecular formula is C21H20ClN5O3S. The summed E-state index contributed by atoms with van der Waals surface area (Å²) < 4.78 is 5.36. The summed E-state index contributed by atoms with van der Waals surface area (Å²) in [5.74, 6) is -1.02. The van der Waals surface area contributed by atoms with Crippen molar-refractivity contribution in [1.82, 2.24) is 20.3 Å². The molecule has 1 aliphatic heterocycles. The molecule has 160 valence electrons. The first-order chi connectivity index (χ1) is 15.2. The fourth-order valence-corrected chi connectivity index (χ4v) is 4.20. The summed E-state index contributed by atoms with van der Waals surface area (Å²) in [6.07, 6.45) is 6.94. The van der Waals surface area contributed by atoms with E-state index >= 15 is 0 Å². The van der Waals surface area contributed by atoms with Crippen molar-refractivity contribution < 1.29 is 14.3 Å². The summed E-state index contributed by atoms with van der Waals surface area (Å²) in [5.41, 5.74) is 3.76. The van der Waals surface area contributed by atoms with Crippen LogP contribution in [-0.4, -0.2) is 51.9 Å². The van der Waals surface area contributed by atoms with Crippen LogP contribution < -0.4 is 10.2 Å². The molecule has 0 spiro atoms. The zero-order valence-electron chi connectivity index (χ0n) is 16.5. The van der Waals surface area contributed by atoms with Crippen LogP contribution in [0.1, 0.15) is 18.0 Å². The summed E-state index contributed by atoms with van der Waals surface area (Å²) in [6, 6.07) is 6.28.